The number of ether oxygens (including phenoxy) is 1. The van der Waals surface area contributed by atoms with Crippen LogP contribution in [0.4, 0.5) is 5.69 Å². The molecule has 21 heavy (non-hydrogen) atoms. The van der Waals surface area contributed by atoms with Crippen molar-refractivity contribution in [3.63, 3.8) is 0 Å². The highest BCUT2D eigenvalue weighted by Crippen LogP contribution is 2.29. The largest absolute Gasteiger partial charge is 0.382 e. The topological polar surface area (TPSA) is 58.7 Å². The fourth-order valence-electron chi connectivity index (χ4n) is 2.63. The summed E-state index contributed by atoms with van der Waals surface area (Å²) in [6.07, 6.45) is 0.263. The first-order valence-corrected chi connectivity index (χ1v) is 6.92. The lowest BCUT2D eigenvalue weighted by Gasteiger charge is -2.18. The van der Waals surface area contributed by atoms with E-state index in [2.05, 4.69) is 5.32 Å². The Morgan fingerprint density at radius 2 is 1.57 bits per heavy atom. The van der Waals surface area contributed by atoms with Gasteiger partial charge in [-0.2, -0.15) is 0 Å². The maximum Gasteiger partial charge on any atom is 0.194 e. The average Bonchev–Trinajstić information content (AvgIpc) is 3.35. The van der Waals surface area contributed by atoms with Gasteiger partial charge in [0.2, 0.25) is 0 Å². The molecule has 1 unspecified atom stereocenters. The second-order valence-electron chi connectivity index (χ2n) is 5.30. The molecular weight excluding hydrogens is 266 g/mol. The van der Waals surface area contributed by atoms with E-state index in [0.717, 1.165) is 18.8 Å². The Labute approximate surface area is 121 Å². The molecule has 0 radical (unpaired) electrons. The number of epoxide rings is 1. The number of fused-ring (bicyclic) bond motifs is 2. The number of rotatable bonds is 3. The second kappa shape index (κ2) is 4.53. The summed E-state index contributed by atoms with van der Waals surface area (Å²) in [6, 6.07) is 12.3. The molecule has 1 N–H and O–H groups in total. The van der Waals surface area contributed by atoms with Crippen molar-refractivity contribution in [2.24, 2.45) is 0 Å². The maximum absolute atomic E-state index is 12.6. The van der Waals surface area contributed by atoms with Gasteiger partial charge in [0.15, 0.2) is 11.6 Å². The third-order valence-corrected chi connectivity index (χ3v) is 3.86. The van der Waals surface area contributed by atoms with Crippen molar-refractivity contribution in [2.45, 2.75) is 6.10 Å². The van der Waals surface area contributed by atoms with Crippen LogP contribution in [0.2, 0.25) is 0 Å². The predicted molar refractivity (Wildman–Crippen MR) is 78.0 cm³/mol. The van der Waals surface area contributed by atoms with Crippen molar-refractivity contribution < 1.29 is 14.3 Å². The number of nitrogens with one attached hydrogen (secondary N) is 1. The van der Waals surface area contributed by atoms with Crippen LogP contribution in [0.25, 0.3) is 0 Å². The molecule has 4 rings (SSSR count). The summed E-state index contributed by atoms with van der Waals surface area (Å²) >= 11 is 0. The Balaban J connectivity index is 1.73. The lowest BCUT2D eigenvalue weighted by atomic mass is 9.84. The Kier molecular flexibility index (Phi) is 2.65. The normalized spacial score (nSPS) is 19.0. The van der Waals surface area contributed by atoms with Crippen LogP contribution >= 0.6 is 0 Å². The molecule has 1 fully saturated rings. The van der Waals surface area contributed by atoms with Crippen molar-refractivity contribution in [2.75, 3.05) is 18.5 Å². The van der Waals surface area contributed by atoms with E-state index in [4.69, 9.17) is 4.74 Å². The summed E-state index contributed by atoms with van der Waals surface area (Å²) < 4.78 is 5.14. The van der Waals surface area contributed by atoms with Crippen molar-refractivity contribution in [3.05, 3.63) is 64.7 Å². The lowest BCUT2D eigenvalue weighted by molar-refractivity contribution is 0.0979. The molecule has 0 spiro atoms. The van der Waals surface area contributed by atoms with Crippen molar-refractivity contribution >= 4 is 17.3 Å². The first-order valence-electron chi connectivity index (χ1n) is 6.92. The number of hydrogen-bond acceptors (Lipinski definition) is 4. The molecule has 4 nitrogen and oxygen atoms in total. The summed E-state index contributed by atoms with van der Waals surface area (Å²) in [5, 5.41) is 3.23. The molecule has 2 aromatic carbocycles. The molecule has 0 amide bonds. The highest BCUT2D eigenvalue weighted by atomic mass is 16.6. The van der Waals surface area contributed by atoms with Gasteiger partial charge in [-0.15, -0.1) is 0 Å². The molecule has 1 aliphatic carbocycles. The summed E-state index contributed by atoms with van der Waals surface area (Å²) in [5.74, 6) is -0.177. The van der Waals surface area contributed by atoms with E-state index in [1.54, 1.807) is 36.4 Å². The zero-order valence-corrected chi connectivity index (χ0v) is 11.3. The highest BCUT2D eigenvalue weighted by molar-refractivity contribution is 6.28. The van der Waals surface area contributed by atoms with Gasteiger partial charge in [-0.3, -0.25) is 9.59 Å². The summed E-state index contributed by atoms with van der Waals surface area (Å²) in [5.41, 5.74) is 2.76. The minimum Gasteiger partial charge on any atom is -0.382 e. The number of ketones is 2. The molecule has 0 bridgehead atoms. The van der Waals surface area contributed by atoms with E-state index in [1.807, 2.05) is 6.07 Å². The number of anilines is 1. The van der Waals surface area contributed by atoms with Gasteiger partial charge in [0, 0.05) is 34.5 Å². The van der Waals surface area contributed by atoms with E-state index < -0.39 is 0 Å². The standard InChI is InChI=1S/C17H13NO3/c19-16-12-3-1-2-4-13(12)17(20)15-7-10(5-6-14(15)16)18-8-11-9-21-11/h1-7,11,18H,8-9H2. The lowest BCUT2D eigenvalue weighted by Crippen LogP contribution is -2.21. The fraction of sp³-hybridized carbons (Fsp3) is 0.176. The Morgan fingerprint density at radius 3 is 2.24 bits per heavy atom. The van der Waals surface area contributed by atoms with E-state index in [1.165, 1.54) is 0 Å². The Hall–Kier alpha value is -2.46. The van der Waals surface area contributed by atoms with Gasteiger partial charge in [0.05, 0.1) is 12.7 Å². The molecule has 2 aromatic rings. The molecule has 0 aromatic heterocycles. The molecular formula is C17H13NO3. The van der Waals surface area contributed by atoms with E-state index in [0.29, 0.717) is 22.3 Å². The SMILES string of the molecule is O=C1c2ccccc2C(=O)c2cc(NCC3CO3)ccc21. The van der Waals surface area contributed by atoms with Gasteiger partial charge in [-0.1, -0.05) is 24.3 Å². The van der Waals surface area contributed by atoms with Gasteiger partial charge >= 0.3 is 0 Å². The number of carbonyl (C=O) groups excluding carboxylic acids is 2. The summed E-state index contributed by atoms with van der Waals surface area (Å²) in [6.45, 7) is 1.50. The van der Waals surface area contributed by atoms with Crippen LogP contribution < -0.4 is 5.32 Å². The zero-order valence-electron chi connectivity index (χ0n) is 11.3. The van der Waals surface area contributed by atoms with E-state index >= 15 is 0 Å². The van der Waals surface area contributed by atoms with Crippen molar-refractivity contribution in [1.82, 2.24) is 0 Å². The van der Waals surface area contributed by atoms with Gasteiger partial charge in [-0.25, -0.2) is 0 Å². The van der Waals surface area contributed by atoms with Crippen LogP contribution in [-0.4, -0.2) is 30.8 Å². The minimum atomic E-state index is -0.0912. The van der Waals surface area contributed by atoms with Gasteiger partial charge in [0.25, 0.3) is 0 Å². The minimum absolute atomic E-state index is 0.0859. The molecule has 2 aliphatic rings. The zero-order chi connectivity index (χ0) is 14.4. The molecule has 4 heteroatoms. The van der Waals surface area contributed by atoms with Crippen LogP contribution in [0.3, 0.4) is 0 Å². The molecule has 104 valence electrons. The first kappa shape index (κ1) is 12.3. The Bertz CT molecular complexity index is 762. The smallest absolute Gasteiger partial charge is 0.194 e. The van der Waals surface area contributed by atoms with Gasteiger partial charge in [0.1, 0.15) is 0 Å². The van der Waals surface area contributed by atoms with Crippen molar-refractivity contribution in [3.8, 4) is 0 Å². The fourth-order valence-corrected chi connectivity index (χ4v) is 2.63. The molecule has 0 saturated carbocycles. The van der Waals surface area contributed by atoms with Gasteiger partial charge < -0.3 is 10.1 Å². The molecule has 1 saturated heterocycles. The van der Waals surface area contributed by atoms with Crippen LogP contribution in [0.15, 0.2) is 42.5 Å². The molecule has 1 atom stereocenters. The van der Waals surface area contributed by atoms with E-state index in [9.17, 15) is 9.59 Å². The number of benzene rings is 2. The molecule has 1 heterocycles. The van der Waals surface area contributed by atoms with Crippen LogP contribution in [0.5, 0.6) is 0 Å². The van der Waals surface area contributed by atoms with Gasteiger partial charge in [-0.05, 0) is 18.2 Å². The third-order valence-electron chi connectivity index (χ3n) is 3.86. The third kappa shape index (κ3) is 2.04. The van der Waals surface area contributed by atoms with Crippen LogP contribution in [0.1, 0.15) is 31.8 Å². The summed E-state index contributed by atoms with van der Waals surface area (Å²) in [4.78, 5) is 25.0. The molecule has 1 aliphatic heterocycles. The predicted octanol–water partition coefficient (Wildman–Crippen LogP) is 2.27. The van der Waals surface area contributed by atoms with Crippen LogP contribution in [-0.2, 0) is 4.74 Å². The van der Waals surface area contributed by atoms with E-state index in [-0.39, 0.29) is 17.7 Å². The average molecular weight is 279 g/mol. The monoisotopic (exact) mass is 279 g/mol. The second-order valence-corrected chi connectivity index (χ2v) is 5.30. The highest BCUT2D eigenvalue weighted by Gasteiger charge is 2.29. The first-order chi connectivity index (χ1) is 10.2. The quantitative estimate of drug-likeness (QED) is 0.747. The van der Waals surface area contributed by atoms with Crippen LogP contribution in [0, 0.1) is 0 Å². The maximum atomic E-state index is 12.6. The Morgan fingerprint density at radius 1 is 0.952 bits per heavy atom. The number of hydrogen-bond donors (Lipinski definition) is 1. The summed E-state index contributed by atoms with van der Waals surface area (Å²) in [7, 11) is 0. The number of carbonyl (C=O) groups is 2. The van der Waals surface area contributed by atoms with Crippen molar-refractivity contribution in [1.29, 1.82) is 0 Å².